The van der Waals surface area contributed by atoms with E-state index in [-0.39, 0.29) is 6.61 Å². The van der Waals surface area contributed by atoms with Crippen LogP contribution in [0.2, 0.25) is 0 Å². The molecule has 0 aliphatic carbocycles. The second kappa shape index (κ2) is 6.66. The lowest BCUT2D eigenvalue weighted by atomic mass is 10.2. The Bertz CT molecular complexity index is 494. The zero-order valence-corrected chi connectivity index (χ0v) is 10.6. The Labute approximate surface area is 112 Å². The predicted molar refractivity (Wildman–Crippen MR) is 74.2 cm³/mol. The molecule has 0 aliphatic heterocycles. The molecule has 0 radical (unpaired) electrons. The lowest BCUT2D eigenvalue weighted by Gasteiger charge is -2.08. The van der Waals surface area contributed by atoms with Crippen molar-refractivity contribution in [2.45, 2.75) is 6.61 Å². The number of rotatable bonds is 6. The first-order valence-electron chi connectivity index (χ1n) is 6.09. The lowest BCUT2D eigenvalue weighted by Crippen LogP contribution is -2.09. The van der Waals surface area contributed by atoms with E-state index < -0.39 is 0 Å². The first-order valence-corrected chi connectivity index (χ1v) is 6.09. The quantitative estimate of drug-likeness (QED) is 0.616. The summed E-state index contributed by atoms with van der Waals surface area (Å²) < 4.78 is 11.0. The van der Waals surface area contributed by atoms with Gasteiger partial charge in [-0.2, -0.15) is 0 Å². The van der Waals surface area contributed by atoms with Crippen molar-refractivity contribution in [3.63, 3.8) is 0 Å². The molecule has 0 spiro atoms. The van der Waals surface area contributed by atoms with Crippen LogP contribution in [0.25, 0.3) is 0 Å². The molecule has 4 nitrogen and oxygen atoms in total. The first-order chi connectivity index (χ1) is 9.28. The van der Waals surface area contributed by atoms with Gasteiger partial charge < -0.3 is 20.3 Å². The SMILES string of the molecule is Nc1ccc(OCCOc2ccc(CO)cc2)cc1. The molecule has 0 saturated heterocycles. The van der Waals surface area contributed by atoms with Crippen LogP contribution in [0.4, 0.5) is 5.69 Å². The van der Waals surface area contributed by atoms with Gasteiger partial charge in [0.15, 0.2) is 0 Å². The van der Waals surface area contributed by atoms with Gasteiger partial charge in [-0.1, -0.05) is 12.1 Å². The van der Waals surface area contributed by atoms with E-state index in [2.05, 4.69) is 0 Å². The minimum atomic E-state index is 0.0422. The van der Waals surface area contributed by atoms with Crippen LogP contribution in [0.1, 0.15) is 5.56 Å². The molecule has 4 heteroatoms. The summed E-state index contributed by atoms with van der Waals surface area (Å²) in [7, 11) is 0. The van der Waals surface area contributed by atoms with Crippen molar-refractivity contribution < 1.29 is 14.6 Å². The van der Waals surface area contributed by atoms with E-state index in [1.807, 2.05) is 36.4 Å². The van der Waals surface area contributed by atoms with Crippen molar-refractivity contribution in [2.24, 2.45) is 0 Å². The van der Waals surface area contributed by atoms with Crippen LogP contribution >= 0.6 is 0 Å². The Balaban J connectivity index is 1.72. The average molecular weight is 259 g/mol. The van der Waals surface area contributed by atoms with E-state index in [0.29, 0.717) is 18.9 Å². The van der Waals surface area contributed by atoms with Crippen LogP contribution in [0.15, 0.2) is 48.5 Å². The van der Waals surface area contributed by atoms with Gasteiger partial charge in [0.2, 0.25) is 0 Å². The van der Waals surface area contributed by atoms with Gasteiger partial charge >= 0.3 is 0 Å². The van der Waals surface area contributed by atoms with Gasteiger partial charge in [0.25, 0.3) is 0 Å². The van der Waals surface area contributed by atoms with E-state index in [9.17, 15) is 0 Å². The Morgan fingerprint density at radius 2 is 1.26 bits per heavy atom. The number of hydrogen-bond donors (Lipinski definition) is 2. The van der Waals surface area contributed by atoms with Crippen molar-refractivity contribution in [1.82, 2.24) is 0 Å². The third-order valence-electron chi connectivity index (χ3n) is 2.61. The van der Waals surface area contributed by atoms with Gasteiger partial charge in [0.05, 0.1) is 6.61 Å². The van der Waals surface area contributed by atoms with Crippen LogP contribution in [0.5, 0.6) is 11.5 Å². The molecule has 0 aliphatic rings. The standard InChI is InChI=1S/C15H17NO3/c16-13-3-7-15(8-4-13)19-10-9-18-14-5-1-12(11-17)2-6-14/h1-8,17H,9-11,16H2. The first kappa shape index (κ1) is 13.2. The second-order valence-electron chi connectivity index (χ2n) is 4.07. The summed E-state index contributed by atoms with van der Waals surface area (Å²) in [6.07, 6.45) is 0. The number of nitrogen functional groups attached to an aromatic ring is 1. The predicted octanol–water partition coefficient (Wildman–Crippen LogP) is 2.22. The summed E-state index contributed by atoms with van der Waals surface area (Å²) in [5.41, 5.74) is 7.16. The molecule has 100 valence electrons. The molecule has 3 N–H and O–H groups in total. The molecule has 2 aromatic carbocycles. The number of aliphatic hydroxyl groups excluding tert-OH is 1. The van der Waals surface area contributed by atoms with Crippen molar-refractivity contribution in [3.8, 4) is 11.5 Å². The highest BCUT2D eigenvalue weighted by Gasteiger charge is 1.96. The molecule has 0 heterocycles. The molecule has 0 atom stereocenters. The van der Waals surface area contributed by atoms with Crippen LogP contribution in [-0.2, 0) is 6.61 Å². The fraction of sp³-hybridized carbons (Fsp3) is 0.200. The highest BCUT2D eigenvalue weighted by atomic mass is 16.5. The Kier molecular flexibility index (Phi) is 4.64. The second-order valence-corrected chi connectivity index (χ2v) is 4.07. The van der Waals surface area contributed by atoms with Gasteiger partial charge in [0.1, 0.15) is 24.7 Å². The van der Waals surface area contributed by atoms with Crippen molar-refractivity contribution in [2.75, 3.05) is 18.9 Å². The summed E-state index contributed by atoms with van der Waals surface area (Å²) in [5, 5.41) is 8.92. The van der Waals surface area contributed by atoms with E-state index in [1.54, 1.807) is 12.1 Å². The maximum Gasteiger partial charge on any atom is 0.122 e. The van der Waals surface area contributed by atoms with E-state index in [0.717, 1.165) is 17.1 Å². The van der Waals surface area contributed by atoms with Crippen molar-refractivity contribution >= 4 is 5.69 Å². The minimum Gasteiger partial charge on any atom is -0.490 e. The maximum absolute atomic E-state index is 8.92. The zero-order chi connectivity index (χ0) is 13.5. The van der Waals surface area contributed by atoms with Gasteiger partial charge in [-0.05, 0) is 42.0 Å². The fourth-order valence-corrected chi connectivity index (χ4v) is 1.57. The van der Waals surface area contributed by atoms with Gasteiger partial charge in [0, 0.05) is 5.69 Å². The largest absolute Gasteiger partial charge is 0.490 e. The summed E-state index contributed by atoms with van der Waals surface area (Å²) in [6, 6.07) is 14.6. The average Bonchev–Trinajstić information content (AvgIpc) is 2.46. The Morgan fingerprint density at radius 3 is 1.74 bits per heavy atom. The van der Waals surface area contributed by atoms with Crippen LogP contribution in [0.3, 0.4) is 0 Å². The van der Waals surface area contributed by atoms with Gasteiger partial charge in [-0.15, -0.1) is 0 Å². The molecule has 0 saturated carbocycles. The topological polar surface area (TPSA) is 64.7 Å². The summed E-state index contributed by atoms with van der Waals surface area (Å²) in [6.45, 7) is 0.967. The number of aliphatic hydroxyl groups is 1. The number of nitrogens with two attached hydrogens (primary N) is 1. The normalized spacial score (nSPS) is 10.2. The zero-order valence-electron chi connectivity index (χ0n) is 10.6. The van der Waals surface area contributed by atoms with E-state index in [1.165, 1.54) is 0 Å². The lowest BCUT2D eigenvalue weighted by molar-refractivity contribution is 0.217. The van der Waals surface area contributed by atoms with Crippen molar-refractivity contribution in [3.05, 3.63) is 54.1 Å². The number of anilines is 1. The molecule has 0 bridgehead atoms. The number of hydrogen-bond acceptors (Lipinski definition) is 4. The minimum absolute atomic E-state index is 0.0422. The third-order valence-corrected chi connectivity index (χ3v) is 2.61. The van der Waals surface area contributed by atoms with Crippen molar-refractivity contribution in [1.29, 1.82) is 0 Å². The molecule has 0 amide bonds. The molecule has 2 aromatic rings. The highest BCUT2D eigenvalue weighted by Crippen LogP contribution is 2.14. The molecule has 0 fully saturated rings. The third kappa shape index (κ3) is 4.19. The molecule has 19 heavy (non-hydrogen) atoms. The highest BCUT2D eigenvalue weighted by molar-refractivity contribution is 5.41. The molecule has 2 rings (SSSR count). The molecule has 0 unspecified atom stereocenters. The van der Waals surface area contributed by atoms with Crippen LogP contribution in [-0.4, -0.2) is 18.3 Å². The molecular weight excluding hydrogens is 242 g/mol. The smallest absolute Gasteiger partial charge is 0.122 e. The van der Waals surface area contributed by atoms with E-state index in [4.69, 9.17) is 20.3 Å². The Hall–Kier alpha value is -2.20. The summed E-state index contributed by atoms with van der Waals surface area (Å²) in [5.74, 6) is 1.53. The van der Waals surface area contributed by atoms with E-state index >= 15 is 0 Å². The van der Waals surface area contributed by atoms with Crippen LogP contribution in [0, 0.1) is 0 Å². The number of benzene rings is 2. The summed E-state index contributed by atoms with van der Waals surface area (Å²) in [4.78, 5) is 0. The van der Waals surface area contributed by atoms with Crippen LogP contribution < -0.4 is 15.2 Å². The fourth-order valence-electron chi connectivity index (χ4n) is 1.57. The van der Waals surface area contributed by atoms with Gasteiger partial charge in [-0.3, -0.25) is 0 Å². The van der Waals surface area contributed by atoms with Gasteiger partial charge in [-0.25, -0.2) is 0 Å². The summed E-state index contributed by atoms with van der Waals surface area (Å²) >= 11 is 0. The number of ether oxygens (including phenoxy) is 2. The maximum atomic E-state index is 8.92. The monoisotopic (exact) mass is 259 g/mol. The molecular formula is C15H17NO3. The molecule has 0 aromatic heterocycles. The Morgan fingerprint density at radius 1 is 0.789 bits per heavy atom.